The van der Waals surface area contributed by atoms with E-state index in [0.717, 1.165) is 23.5 Å². The lowest BCUT2D eigenvalue weighted by molar-refractivity contribution is 0.253. The number of hydrogen-bond donors (Lipinski definition) is 2. The van der Waals surface area contributed by atoms with Gasteiger partial charge in [0.25, 0.3) is 12.2 Å². The van der Waals surface area contributed by atoms with Crippen LogP contribution in [0.25, 0.3) is 0 Å². The van der Waals surface area contributed by atoms with Gasteiger partial charge < -0.3 is 10.2 Å². The third-order valence-electron chi connectivity index (χ3n) is 1.87. The second kappa shape index (κ2) is 10.7. The van der Waals surface area contributed by atoms with Gasteiger partial charge in [-0.15, -0.1) is 0 Å². The van der Waals surface area contributed by atoms with Crippen molar-refractivity contribution >= 4 is 23.5 Å². The normalized spacial score (nSPS) is 13.9. The number of hydrogen-bond acceptors (Lipinski definition) is 4. The molecule has 0 amide bonds. The van der Waals surface area contributed by atoms with E-state index in [1.807, 2.05) is 0 Å². The van der Waals surface area contributed by atoms with Gasteiger partial charge in [-0.3, -0.25) is 0 Å². The fourth-order valence-corrected chi connectivity index (χ4v) is 3.25. The summed E-state index contributed by atoms with van der Waals surface area (Å²) in [6.07, 6.45) is -2.22. The molecular weight excluding hydrogens is 292 g/mol. The van der Waals surface area contributed by atoms with Crippen LogP contribution >= 0.6 is 23.5 Å². The third kappa shape index (κ3) is 8.84. The lowest BCUT2D eigenvalue weighted by atomic mass is 10.3. The summed E-state index contributed by atoms with van der Waals surface area (Å²) in [4.78, 5) is 0. The first-order valence-corrected chi connectivity index (χ1v) is 7.08. The molecule has 18 heavy (non-hydrogen) atoms. The highest BCUT2D eigenvalue weighted by Gasteiger charge is 2.20. The van der Waals surface area contributed by atoms with Gasteiger partial charge in [-0.2, -0.15) is 41.1 Å². The first-order valence-electron chi connectivity index (χ1n) is 4.98. The molecule has 0 saturated heterocycles. The van der Waals surface area contributed by atoms with E-state index in [4.69, 9.17) is 10.2 Å². The van der Waals surface area contributed by atoms with E-state index in [2.05, 4.69) is 0 Å². The zero-order valence-corrected chi connectivity index (χ0v) is 11.0. The number of aliphatic hydroxyl groups is 2. The van der Waals surface area contributed by atoms with E-state index in [1.165, 1.54) is 0 Å². The van der Waals surface area contributed by atoms with Gasteiger partial charge in [0.05, 0.1) is 13.2 Å². The molecule has 2 unspecified atom stereocenters. The van der Waals surface area contributed by atoms with Crippen LogP contribution in [0.4, 0.5) is 17.6 Å². The summed E-state index contributed by atoms with van der Waals surface area (Å²) in [7, 11) is 0. The SMILES string of the molecule is OCC(SCC=C(F)F)C(CO)SCC=C(F)F. The first kappa shape index (κ1) is 17.8. The minimum Gasteiger partial charge on any atom is -0.395 e. The van der Waals surface area contributed by atoms with Crippen LogP contribution in [0.1, 0.15) is 0 Å². The Bertz CT molecular complexity index is 251. The van der Waals surface area contributed by atoms with E-state index >= 15 is 0 Å². The molecule has 2 atom stereocenters. The molecule has 2 nitrogen and oxygen atoms in total. The Hall–Kier alpha value is -0.180. The van der Waals surface area contributed by atoms with Crippen LogP contribution in [0.3, 0.4) is 0 Å². The number of halogens is 4. The summed E-state index contributed by atoms with van der Waals surface area (Å²) in [6, 6.07) is 0. The first-order chi connectivity index (χ1) is 8.51. The van der Waals surface area contributed by atoms with E-state index in [9.17, 15) is 17.6 Å². The molecule has 8 heteroatoms. The Balaban J connectivity index is 4.21. The van der Waals surface area contributed by atoms with Crippen molar-refractivity contribution in [3.8, 4) is 0 Å². The van der Waals surface area contributed by atoms with Gasteiger partial charge in [0.1, 0.15) is 0 Å². The maximum atomic E-state index is 11.8. The second-order valence-corrected chi connectivity index (χ2v) is 5.64. The Labute approximate surface area is 111 Å². The van der Waals surface area contributed by atoms with Crippen molar-refractivity contribution in [2.24, 2.45) is 0 Å². The molecule has 0 aliphatic carbocycles. The van der Waals surface area contributed by atoms with E-state index < -0.39 is 22.7 Å². The molecule has 0 radical (unpaired) electrons. The molecule has 2 N–H and O–H groups in total. The summed E-state index contributed by atoms with van der Waals surface area (Å²) in [5.74, 6) is -0.00410. The number of thioether (sulfide) groups is 2. The highest BCUT2D eigenvalue weighted by Crippen LogP contribution is 2.25. The van der Waals surface area contributed by atoms with Crippen LogP contribution in [-0.2, 0) is 0 Å². The van der Waals surface area contributed by atoms with Gasteiger partial charge in [-0.25, -0.2) is 0 Å². The summed E-state index contributed by atoms with van der Waals surface area (Å²) in [5.41, 5.74) is 0. The van der Waals surface area contributed by atoms with Crippen molar-refractivity contribution in [2.45, 2.75) is 10.5 Å². The predicted molar refractivity (Wildman–Crippen MR) is 67.3 cm³/mol. The van der Waals surface area contributed by atoms with Crippen molar-refractivity contribution in [3.05, 3.63) is 24.3 Å². The van der Waals surface area contributed by atoms with Crippen molar-refractivity contribution in [2.75, 3.05) is 24.7 Å². The quantitative estimate of drug-likeness (QED) is 0.643. The molecule has 0 aliphatic heterocycles. The zero-order chi connectivity index (χ0) is 14.0. The number of aliphatic hydroxyl groups excluding tert-OH is 2. The van der Waals surface area contributed by atoms with Crippen LogP contribution in [0.5, 0.6) is 0 Å². The maximum absolute atomic E-state index is 11.8. The van der Waals surface area contributed by atoms with Gasteiger partial charge in [0, 0.05) is 22.0 Å². The van der Waals surface area contributed by atoms with Gasteiger partial charge >= 0.3 is 0 Å². The molecule has 106 valence electrons. The van der Waals surface area contributed by atoms with Crippen molar-refractivity contribution in [1.29, 1.82) is 0 Å². The fourth-order valence-electron chi connectivity index (χ4n) is 1.02. The average molecular weight is 306 g/mol. The van der Waals surface area contributed by atoms with Gasteiger partial charge in [-0.05, 0) is 12.2 Å². The largest absolute Gasteiger partial charge is 0.395 e. The van der Waals surface area contributed by atoms with Crippen LogP contribution in [-0.4, -0.2) is 45.4 Å². The molecular formula is C10H14F4O2S2. The van der Waals surface area contributed by atoms with Gasteiger partial charge in [-0.1, -0.05) is 0 Å². The van der Waals surface area contributed by atoms with Crippen LogP contribution in [0.15, 0.2) is 24.3 Å². The minimum atomic E-state index is -1.81. The van der Waals surface area contributed by atoms with Crippen molar-refractivity contribution in [1.82, 2.24) is 0 Å². The summed E-state index contributed by atoms with van der Waals surface area (Å²) < 4.78 is 47.2. The highest BCUT2D eigenvalue weighted by molar-refractivity contribution is 8.03. The Morgan fingerprint density at radius 2 is 1.17 bits per heavy atom. The lowest BCUT2D eigenvalue weighted by Gasteiger charge is -2.21. The topological polar surface area (TPSA) is 40.5 Å². The Kier molecular flexibility index (Phi) is 10.6. The molecule has 0 bridgehead atoms. The monoisotopic (exact) mass is 306 g/mol. The van der Waals surface area contributed by atoms with Gasteiger partial charge in [0.2, 0.25) is 0 Å². The lowest BCUT2D eigenvalue weighted by Crippen LogP contribution is -2.28. The summed E-state index contributed by atoms with van der Waals surface area (Å²) in [6.45, 7) is -0.626. The van der Waals surface area contributed by atoms with Crippen molar-refractivity contribution < 1.29 is 27.8 Å². The molecule has 0 aromatic carbocycles. The van der Waals surface area contributed by atoms with E-state index in [-0.39, 0.29) is 24.7 Å². The van der Waals surface area contributed by atoms with Crippen molar-refractivity contribution in [3.63, 3.8) is 0 Å². The summed E-state index contributed by atoms with van der Waals surface area (Å²) in [5, 5.41) is 17.2. The van der Waals surface area contributed by atoms with E-state index in [1.54, 1.807) is 0 Å². The zero-order valence-electron chi connectivity index (χ0n) is 9.36. The average Bonchev–Trinajstić information content (AvgIpc) is 2.30. The molecule has 0 aromatic heterocycles. The number of rotatable bonds is 9. The molecule has 0 aliphatic rings. The Morgan fingerprint density at radius 1 is 0.833 bits per heavy atom. The predicted octanol–water partition coefficient (Wildman–Crippen LogP) is 2.74. The molecule has 0 saturated carbocycles. The van der Waals surface area contributed by atoms with Crippen LogP contribution < -0.4 is 0 Å². The highest BCUT2D eigenvalue weighted by atomic mass is 32.2. The van der Waals surface area contributed by atoms with Gasteiger partial charge in [0.15, 0.2) is 0 Å². The fraction of sp³-hybridized carbons (Fsp3) is 0.600. The van der Waals surface area contributed by atoms with Crippen LogP contribution in [0.2, 0.25) is 0 Å². The molecule has 0 rings (SSSR count). The van der Waals surface area contributed by atoms with E-state index in [0.29, 0.717) is 12.2 Å². The minimum absolute atomic E-state index is 0.00205. The third-order valence-corrected chi connectivity index (χ3v) is 4.57. The second-order valence-electron chi connectivity index (χ2n) is 3.10. The molecule has 0 heterocycles. The summed E-state index contributed by atoms with van der Waals surface area (Å²) >= 11 is 2.09. The molecule has 0 fully saturated rings. The molecule has 0 aromatic rings. The molecule has 0 spiro atoms. The Morgan fingerprint density at radius 3 is 1.39 bits per heavy atom. The maximum Gasteiger partial charge on any atom is 0.267 e. The van der Waals surface area contributed by atoms with Crippen LogP contribution in [0, 0.1) is 0 Å². The smallest absolute Gasteiger partial charge is 0.267 e. The standard InChI is InChI=1S/C10H14F4O2S2/c11-9(12)1-3-17-7(5-15)8(6-16)18-4-2-10(13)14/h1-2,7-8,15-16H,3-6H2.